The van der Waals surface area contributed by atoms with Crippen LogP contribution in [0.1, 0.15) is 74.9 Å². The highest BCUT2D eigenvalue weighted by molar-refractivity contribution is 9.18. The molecule has 0 aliphatic carbocycles. The lowest BCUT2D eigenvalue weighted by atomic mass is 10.1. The Morgan fingerprint density at radius 1 is 0.776 bits per heavy atom. The van der Waals surface area contributed by atoms with Crippen LogP contribution in [0.25, 0.3) is 0 Å². The zero-order chi connectivity index (χ0) is 37.2. The van der Waals surface area contributed by atoms with E-state index in [0.29, 0.717) is 12.0 Å². The van der Waals surface area contributed by atoms with Gasteiger partial charge in [0.15, 0.2) is 6.10 Å². The molecule has 0 saturated carbocycles. The van der Waals surface area contributed by atoms with Crippen LogP contribution in [-0.4, -0.2) is 81.9 Å². The Morgan fingerprint density at radius 2 is 1.18 bits per heavy atom. The molecule has 11 nitrogen and oxygen atoms in total. The molecule has 0 aliphatic heterocycles. The molecule has 0 saturated heterocycles. The van der Waals surface area contributed by atoms with Crippen molar-refractivity contribution in [3.8, 4) is 11.5 Å². The van der Waals surface area contributed by atoms with Crippen molar-refractivity contribution in [2.75, 3.05) is 33.9 Å². The van der Waals surface area contributed by atoms with Gasteiger partial charge in [-0.2, -0.15) is 0 Å². The first-order valence-corrected chi connectivity index (χ1v) is 17.1. The number of ether oxygens (including phenoxy) is 2. The maximum Gasteiger partial charge on any atom is 0.332 e. The predicted octanol–water partition coefficient (Wildman–Crippen LogP) is 7.34. The van der Waals surface area contributed by atoms with Gasteiger partial charge in [0.2, 0.25) is 4.69 Å². The molecule has 2 atom stereocenters. The van der Waals surface area contributed by atoms with Gasteiger partial charge in [0.25, 0.3) is 5.69 Å². The number of halogens is 1. The molecule has 49 heavy (non-hydrogen) atoms. The Balaban J connectivity index is 0.000000649. The monoisotopic (exact) mass is 748 g/mol. The molecule has 0 amide bonds. The number of benzene rings is 3. The van der Waals surface area contributed by atoms with E-state index in [0.717, 1.165) is 42.7 Å². The number of nitro benzene ring substituents is 1. The van der Waals surface area contributed by atoms with E-state index >= 15 is 0 Å². The highest BCUT2D eigenvalue weighted by Gasteiger charge is 2.12. The van der Waals surface area contributed by atoms with Gasteiger partial charge in [0.05, 0.1) is 25.2 Å². The van der Waals surface area contributed by atoms with Crippen LogP contribution in [0.4, 0.5) is 5.69 Å². The number of carboxylic acids is 1. The number of nitrogens with zero attached hydrogens (tertiary/aromatic N) is 2. The van der Waals surface area contributed by atoms with Crippen LogP contribution < -0.4 is 9.47 Å². The van der Waals surface area contributed by atoms with Crippen molar-refractivity contribution in [2.45, 2.75) is 78.4 Å². The van der Waals surface area contributed by atoms with E-state index in [9.17, 15) is 19.7 Å². The van der Waals surface area contributed by atoms with E-state index < -0.39 is 17.0 Å². The zero-order valence-electron chi connectivity index (χ0n) is 29.5. The van der Waals surface area contributed by atoms with Gasteiger partial charge < -0.3 is 29.7 Å². The predicted molar refractivity (Wildman–Crippen MR) is 197 cm³/mol. The third-order valence-corrected chi connectivity index (χ3v) is 7.74. The van der Waals surface area contributed by atoms with Gasteiger partial charge >= 0.3 is 5.97 Å². The van der Waals surface area contributed by atoms with Crippen LogP contribution in [0.15, 0.2) is 72.8 Å². The second-order valence-corrected chi connectivity index (χ2v) is 11.6. The number of aliphatic hydroxyl groups excluding tert-OH is 2. The van der Waals surface area contributed by atoms with Crippen LogP contribution in [0.3, 0.4) is 0 Å². The van der Waals surface area contributed by atoms with E-state index in [1.165, 1.54) is 49.5 Å². The average Bonchev–Trinajstić information content (AvgIpc) is 3.10. The molecule has 0 radical (unpaired) electrons. The molecule has 0 aromatic heterocycles. The van der Waals surface area contributed by atoms with E-state index in [1.54, 1.807) is 14.2 Å². The lowest BCUT2D eigenvalue weighted by molar-refractivity contribution is -0.384. The number of non-ortho nitro benzene ring substituents is 1. The summed E-state index contributed by atoms with van der Waals surface area (Å²) in [6.45, 7) is 12.0. The molecule has 0 fully saturated rings. The normalized spacial score (nSPS) is 11.3. The minimum Gasteiger partial charge on any atom is -0.497 e. The summed E-state index contributed by atoms with van der Waals surface area (Å²) in [6, 6.07) is 21.1. The number of hydrogen-bond acceptors (Lipinski definition) is 9. The Hall–Kier alpha value is -3.84. The molecule has 0 heterocycles. The summed E-state index contributed by atoms with van der Waals surface area (Å²) in [6.07, 6.45) is 3.17. The van der Waals surface area contributed by atoms with Crippen molar-refractivity contribution in [2.24, 2.45) is 0 Å². The molecule has 3 aromatic rings. The molecular weight excluding hydrogens is 696 g/mol. The highest BCUT2D eigenvalue weighted by atomic mass is 79.9. The van der Waals surface area contributed by atoms with Gasteiger partial charge in [-0.1, -0.05) is 45.0 Å². The molecule has 3 N–H and O–H groups in total. The van der Waals surface area contributed by atoms with Crippen molar-refractivity contribution in [1.29, 1.82) is 0 Å². The van der Waals surface area contributed by atoms with Crippen molar-refractivity contribution >= 4 is 32.3 Å². The molecule has 272 valence electrons. The smallest absolute Gasteiger partial charge is 0.332 e. The summed E-state index contributed by atoms with van der Waals surface area (Å²) in [5.41, 5.74) is 2.79. The zero-order valence-corrected chi connectivity index (χ0v) is 31.1. The topological polar surface area (TPSA) is 160 Å². The summed E-state index contributed by atoms with van der Waals surface area (Å²) in [4.78, 5) is 33.1. The van der Waals surface area contributed by atoms with Crippen LogP contribution in [0.5, 0.6) is 11.5 Å². The summed E-state index contributed by atoms with van der Waals surface area (Å²) in [5.74, 6) is 0.535. The van der Waals surface area contributed by atoms with Gasteiger partial charge in [0.1, 0.15) is 11.5 Å². The van der Waals surface area contributed by atoms with Crippen LogP contribution in [0.2, 0.25) is 0 Å². The number of aryl methyl sites for hydroxylation is 2. The molecule has 3 rings (SSSR count). The van der Waals surface area contributed by atoms with Crippen molar-refractivity contribution in [3.05, 3.63) is 99.6 Å². The molecule has 0 unspecified atom stereocenters. The quantitative estimate of drug-likeness (QED) is 0.0768. The SMILES string of the molecule is CCN(CC)CC.COc1ccc(CCC[C@@H](O)C(=O)O)cc1.COc1ccc(CCC[C@H](C)O)cc1.O=C(Br)c1ccc([N+](=O)[O-])cc1. The third kappa shape index (κ3) is 21.7. The highest BCUT2D eigenvalue weighted by Crippen LogP contribution is 2.15. The number of rotatable bonds is 16. The van der Waals surface area contributed by atoms with E-state index in [4.69, 9.17) is 24.8 Å². The summed E-state index contributed by atoms with van der Waals surface area (Å²) >= 11 is 2.74. The van der Waals surface area contributed by atoms with E-state index in [1.807, 2.05) is 43.3 Å². The minimum atomic E-state index is -1.25. The number of methoxy groups -OCH3 is 2. The molecular formula is C37H53BrN2O9. The fraction of sp³-hybridized carbons (Fsp3) is 0.459. The number of carboxylic acid groups (broad SMARTS) is 1. The van der Waals surface area contributed by atoms with E-state index in [-0.39, 0.29) is 22.9 Å². The van der Waals surface area contributed by atoms with Crippen molar-refractivity contribution < 1.29 is 39.3 Å². The first-order chi connectivity index (χ1) is 23.3. The van der Waals surface area contributed by atoms with Gasteiger partial charge in [0, 0.05) is 17.7 Å². The molecule has 0 spiro atoms. The second kappa shape index (κ2) is 27.0. The van der Waals surface area contributed by atoms with Gasteiger partial charge in [-0.05, 0) is 129 Å². The maximum atomic E-state index is 10.7. The van der Waals surface area contributed by atoms with Crippen molar-refractivity contribution in [3.63, 3.8) is 0 Å². The summed E-state index contributed by atoms with van der Waals surface area (Å²) in [7, 11) is 3.28. The third-order valence-electron chi connectivity index (χ3n) is 7.28. The first kappa shape index (κ1) is 45.2. The fourth-order valence-corrected chi connectivity index (χ4v) is 4.46. The van der Waals surface area contributed by atoms with Gasteiger partial charge in [-0.3, -0.25) is 14.9 Å². The maximum absolute atomic E-state index is 10.7. The van der Waals surface area contributed by atoms with E-state index in [2.05, 4.69) is 53.7 Å². The van der Waals surface area contributed by atoms with Gasteiger partial charge in [-0.25, -0.2) is 4.79 Å². The second-order valence-electron chi connectivity index (χ2n) is 10.9. The molecule has 12 heteroatoms. The number of hydrogen-bond donors (Lipinski definition) is 3. The molecule has 0 bridgehead atoms. The largest absolute Gasteiger partial charge is 0.497 e. The number of carbonyl (C=O) groups is 2. The standard InChI is InChI=1S/C12H16O4.C12H18O2.C7H4BrNO3.C6H15N/c1-16-10-7-5-9(6-8-10)3-2-4-11(13)12(14)15;1-10(13)4-3-5-11-6-8-12(14-2)9-7-11;8-7(10)5-1-3-6(4-2-5)9(11)12;1-4-7(5-2)6-3/h5-8,11,13H,2-4H2,1H3,(H,14,15);6-10,13H,3-5H2,1-2H3;1-4H;4-6H2,1-3H3/t11-;10-;;/m10../s1. The van der Waals surface area contributed by atoms with Crippen LogP contribution in [0, 0.1) is 10.1 Å². The minimum absolute atomic E-state index is 0.0208. The lowest BCUT2D eigenvalue weighted by Crippen LogP contribution is -2.21. The average molecular weight is 750 g/mol. The lowest BCUT2D eigenvalue weighted by Gasteiger charge is -2.13. The van der Waals surface area contributed by atoms with Crippen LogP contribution >= 0.6 is 15.9 Å². The molecule has 3 aromatic carbocycles. The molecule has 0 aliphatic rings. The van der Waals surface area contributed by atoms with Crippen LogP contribution in [-0.2, 0) is 17.6 Å². The number of aliphatic hydroxyl groups is 2. The number of carbonyl (C=O) groups excluding carboxylic acids is 1. The first-order valence-electron chi connectivity index (χ1n) is 16.3. The van der Waals surface area contributed by atoms with Gasteiger partial charge in [-0.15, -0.1) is 0 Å². The summed E-state index contributed by atoms with van der Waals surface area (Å²) < 4.78 is 9.82. The fourth-order valence-electron chi connectivity index (χ4n) is 4.19. The summed E-state index contributed by atoms with van der Waals surface area (Å²) in [5, 5.41) is 36.8. The number of aliphatic carboxylic acids is 1. The Morgan fingerprint density at radius 3 is 1.47 bits per heavy atom. The Kier molecular flexibility index (Phi) is 24.9. The van der Waals surface area contributed by atoms with Crippen molar-refractivity contribution in [1.82, 2.24) is 4.90 Å². The Bertz CT molecular complexity index is 1280. The Labute approximate surface area is 299 Å². The number of nitro groups is 1.